The molecule has 0 radical (unpaired) electrons. The molecule has 3 rings (SSSR count). The van der Waals surface area contributed by atoms with Crippen molar-refractivity contribution in [1.29, 1.82) is 0 Å². The lowest BCUT2D eigenvalue weighted by molar-refractivity contribution is -0.386. The van der Waals surface area contributed by atoms with Gasteiger partial charge in [0.05, 0.1) is 4.92 Å². The van der Waals surface area contributed by atoms with Crippen LogP contribution in [0.25, 0.3) is 0 Å². The van der Waals surface area contributed by atoms with Crippen molar-refractivity contribution in [1.82, 2.24) is 9.97 Å². The molecule has 0 aromatic carbocycles. The van der Waals surface area contributed by atoms with Crippen LogP contribution in [0.2, 0.25) is 5.15 Å². The molecule has 19 heavy (non-hydrogen) atoms. The standard InChI is InChI=1S/C13H16ClN3O2/c14-12-11(17(18)19)10(8-4-2-1-3-5-8)15-13(16-12)9-6-7-9/h8-9H,1-7H2. The molecule has 2 aliphatic rings. The minimum atomic E-state index is -0.428. The van der Waals surface area contributed by atoms with Crippen LogP contribution in [0.4, 0.5) is 5.69 Å². The summed E-state index contributed by atoms with van der Waals surface area (Å²) in [5, 5.41) is 11.2. The van der Waals surface area contributed by atoms with Gasteiger partial charge in [0.1, 0.15) is 11.5 Å². The summed E-state index contributed by atoms with van der Waals surface area (Å²) in [7, 11) is 0. The Morgan fingerprint density at radius 3 is 2.32 bits per heavy atom. The first kappa shape index (κ1) is 12.8. The van der Waals surface area contributed by atoms with Crippen LogP contribution >= 0.6 is 11.6 Å². The molecule has 0 bridgehead atoms. The maximum atomic E-state index is 11.2. The highest BCUT2D eigenvalue weighted by Crippen LogP contribution is 2.43. The molecule has 2 fully saturated rings. The third-order valence-electron chi connectivity index (χ3n) is 4.00. The normalized spacial score (nSPS) is 20.5. The first-order valence-corrected chi connectivity index (χ1v) is 7.26. The second-order valence-electron chi connectivity index (χ2n) is 5.47. The molecule has 1 heterocycles. The number of halogens is 1. The summed E-state index contributed by atoms with van der Waals surface area (Å²) in [6, 6.07) is 0. The van der Waals surface area contributed by atoms with E-state index in [-0.39, 0.29) is 16.8 Å². The van der Waals surface area contributed by atoms with Gasteiger partial charge in [-0.25, -0.2) is 9.97 Å². The molecule has 0 amide bonds. The number of nitrogens with zero attached hydrogens (tertiary/aromatic N) is 3. The lowest BCUT2D eigenvalue weighted by atomic mass is 9.86. The van der Waals surface area contributed by atoms with E-state index in [0.29, 0.717) is 17.4 Å². The molecule has 0 saturated heterocycles. The Labute approximate surface area is 116 Å². The number of hydrogen-bond donors (Lipinski definition) is 0. The second kappa shape index (κ2) is 5.04. The van der Waals surface area contributed by atoms with Gasteiger partial charge in [0.25, 0.3) is 0 Å². The Bertz CT molecular complexity index is 511. The van der Waals surface area contributed by atoms with Crippen LogP contribution in [0.5, 0.6) is 0 Å². The number of hydrogen-bond acceptors (Lipinski definition) is 4. The largest absolute Gasteiger partial charge is 0.328 e. The van der Waals surface area contributed by atoms with Crippen molar-refractivity contribution in [3.05, 3.63) is 26.8 Å². The molecule has 5 nitrogen and oxygen atoms in total. The van der Waals surface area contributed by atoms with E-state index in [1.807, 2.05) is 0 Å². The molecule has 0 unspecified atom stereocenters. The van der Waals surface area contributed by atoms with Crippen molar-refractivity contribution >= 4 is 17.3 Å². The molecule has 0 aliphatic heterocycles. The molecule has 2 aliphatic carbocycles. The fraction of sp³-hybridized carbons (Fsp3) is 0.692. The Morgan fingerprint density at radius 1 is 1.05 bits per heavy atom. The van der Waals surface area contributed by atoms with E-state index in [1.54, 1.807) is 0 Å². The monoisotopic (exact) mass is 281 g/mol. The zero-order valence-electron chi connectivity index (χ0n) is 10.6. The summed E-state index contributed by atoms with van der Waals surface area (Å²) in [6.45, 7) is 0. The third-order valence-corrected chi connectivity index (χ3v) is 4.27. The van der Waals surface area contributed by atoms with Crippen LogP contribution in [0.1, 0.15) is 68.3 Å². The Hall–Kier alpha value is -1.23. The minimum Gasteiger partial charge on any atom is -0.258 e. The molecule has 2 saturated carbocycles. The van der Waals surface area contributed by atoms with Crippen LogP contribution in [-0.4, -0.2) is 14.9 Å². The van der Waals surface area contributed by atoms with E-state index in [9.17, 15) is 10.1 Å². The van der Waals surface area contributed by atoms with Crippen LogP contribution < -0.4 is 0 Å². The Morgan fingerprint density at radius 2 is 1.74 bits per heavy atom. The number of nitro groups is 1. The Balaban J connectivity index is 2.04. The van der Waals surface area contributed by atoms with Gasteiger partial charge < -0.3 is 0 Å². The predicted octanol–water partition coefficient (Wildman–Crippen LogP) is 3.96. The minimum absolute atomic E-state index is 0.0162. The van der Waals surface area contributed by atoms with E-state index in [2.05, 4.69) is 9.97 Å². The molecule has 102 valence electrons. The third kappa shape index (κ3) is 2.56. The topological polar surface area (TPSA) is 68.9 Å². The summed E-state index contributed by atoms with van der Waals surface area (Å²) >= 11 is 6.03. The Kier molecular flexibility index (Phi) is 3.39. The molecular formula is C13H16ClN3O2. The number of aromatic nitrogens is 2. The molecule has 0 spiro atoms. The maximum absolute atomic E-state index is 11.2. The van der Waals surface area contributed by atoms with Crippen molar-refractivity contribution in [2.75, 3.05) is 0 Å². The average molecular weight is 282 g/mol. The van der Waals surface area contributed by atoms with Crippen LogP contribution in [0.15, 0.2) is 0 Å². The SMILES string of the molecule is O=[N+]([O-])c1c(Cl)nc(C2CC2)nc1C1CCCCC1. The van der Waals surface area contributed by atoms with E-state index < -0.39 is 4.92 Å². The summed E-state index contributed by atoms with van der Waals surface area (Å²) in [4.78, 5) is 19.4. The maximum Gasteiger partial charge on any atom is 0.328 e. The van der Waals surface area contributed by atoms with E-state index >= 15 is 0 Å². The summed E-state index contributed by atoms with van der Waals surface area (Å²) in [5.41, 5.74) is 0.504. The average Bonchev–Trinajstić information content (AvgIpc) is 3.22. The fourth-order valence-electron chi connectivity index (χ4n) is 2.81. The van der Waals surface area contributed by atoms with Gasteiger partial charge in [0.2, 0.25) is 5.15 Å². The van der Waals surface area contributed by atoms with Crippen LogP contribution in [0.3, 0.4) is 0 Å². The van der Waals surface area contributed by atoms with Gasteiger partial charge in [-0.3, -0.25) is 10.1 Å². The molecule has 0 N–H and O–H groups in total. The van der Waals surface area contributed by atoms with E-state index in [0.717, 1.165) is 38.5 Å². The highest BCUT2D eigenvalue weighted by Gasteiger charge is 2.34. The highest BCUT2D eigenvalue weighted by molar-refractivity contribution is 6.31. The van der Waals surface area contributed by atoms with E-state index in [4.69, 9.17) is 11.6 Å². The fourth-order valence-corrected chi connectivity index (χ4v) is 3.07. The van der Waals surface area contributed by atoms with Gasteiger partial charge in [0.15, 0.2) is 0 Å². The van der Waals surface area contributed by atoms with Crippen LogP contribution in [-0.2, 0) is 0 Å². The van der Waals surface area contributed by atoms with Crippen molar-refractivity contribution in [2.24, 2.45) is 0 Å². The lowest BCUT2D eigenvalue weighted by Gasteiger charge is -2.21. The predicted molar refractivity (Wildman–Crippen MR) is 71.5 cm³/mol. The molecule has 6 heteroatoms. The van der Waals surface area contributed by atoms with Crippen molar-refractivity contribution in [3.8, 4) is 0 Å². The van der Waals surface area contributed by atoms with Gasteiger partial charge in [-0.2, -0.15) is 0 Å². The lowest BCUT2D eigenvalue weighted by Crippen LogP contribution is -2.12. The number of rotatable bonds is 3. The second-order valence-corrected chi connectivity index (χ2v) is 5.83. The summed E-state index contributed by atoms with van der Waals surface area (Å²) in [6.07, 6.45) is 7.51. The van der Waals surface area contributed by atoms with Crippen molar-refractivity contribution < 1.29 is 4.92 Å². The van der Waals surface area contributed by atoms with Gasteiger partial charge in [-0.1, -0.05) is 30.9 Å². The van der Waals surface area contributed by atoms with Gasteiger partial charge in [-0.15, -0.1) is 0 Å². The smallest absolute Gasteiger partial charge is 0.258 e. The zero-order valence-corrected chi connectivity index (χ0v) is 11.4. The molecular weight excluding hydrogens is 266 g/mol. The first-order valence-electron chi connectivity index (χ1n) is 6.88. The first-order chi connectivity index (χ1) is 9.16. The molecule has 1 aromatic rings. The highest BCUT2D eigenvalue weighted by atomic mass is 35.5. The van der Waals surface area contributed by atoms with Gasteiger partial charge >= 0.3 is 5.69 Å². The zero-order chi connectivity index (χ0) is 13.4. The van der Waals surface area contributed by atoms with Crippen molar-refractivity contribution in [3.63, 3.8) is 0 Å². The summed E-state index contributed by atoms with van der Waals surface area (Å²) in [5.74, 6) is 1.24. The summed E-state index contributed by atoms with van der Waals surface area (Å²) < 4.78 is 0. The quantitative estimate of drug-likeness (QED) is 0.478. The molecule has 1 aromatic heterocycles. The van der Waals surface area contributed by atoms with Crippen molar-refractivity contribution in [2.45, 2.75) is 56.8 Å². The van der Waals surface area contributed by atoms with Gasteiger partial charge in [-0.05, 0) is 25.7 Å². The van der Waals surface area contributed by atoms with Gasteiger partial charge in [0, 0.05) is 11.8 Å². The van der Waals surface area contributed by atoms with Crippen LogP contribution in [0, 0.1) is 10.1 Å². The molecule has 0 atom stereocenters. The van der Waals surface area contributed by atoms with E-state index in [1.165, 1.54) is 6.42 Å².